The van der Waals surface area contributed by atoms with Crippen LogP contribution in [0.3, 0.4) is 0 Å². The smallest absolute Gasteiger partial charge is 0.338 e. The van der Waals surface area contributed by atoms with Crippen LogP contribution in [0.1, 0.15) is 27.9 Å². The molecule has 2 heterocycles. The molecule has 1 aliphatic rings. The molecule has 0 radical (unpaired) electrons. The van der Waals surface area contributed by atoms with E-state index in [1.54, 1.807) is 12.1 Å². The number of nitrogens with zero attached hydrogens (tertiary/aromatic N) is 2. The van der Waals surface area contributed by atoms with Gasteiger partial charge in [-0.15, -0.1) is 11.3 Å². The minimum atomic E-state index is -3.83. The summed E-state index contributed by atoms with van der Waals surface area (Å²) in [5.41, 5.74) is 2.72. The number of thiazole rings is 1. The first-order valence-corrected chi connectivity index (χ1v) is 12.4. The fraction of sp³-hybridized carbons (Fsp3) is 0.167. The van der Waals surface area contributed by atoms with Crippen molar-refractivity contribution in [2.24, 2.45) is 0 Å². The summed E-state index contributed by atoms with van der Waals surface area (Å²) in [5, 5.41) is 0.686. The number of carbonyl (C=O) groups is 1. The molecule has 4 aromatic rings. The SMILES string of the molecule is CC1Cc2ccccc2N1S(=O)(=O)c1cccc(C(=O)OCc2nc3ccccc3s2)c1. The lowest BCUT2D eigenvalue weighted by Gasteiger charge is -2.24. The summed E-state index contributed by atoms with van der Waals surface area (Å²) in [4.78, 5) is 17.2. The molecule has 1 atom stereocenters. The average Bonchev–Trinajstić information content (AvgIpc) is 3.37. The summed E-state index contributed by atoms with van der Waals surface area (Å²) in [6, 6.07) is 21.0. The highest BCUT2D eigenvalue weighted by Crippen LogP contribution is 2.36. The molecule has 1 aliphatic heterocycles. The van der Waals surface area contributed by atoms with Crippen LogP contribution in [0.25, 0.3) is 10.2 Å². The van der Waals surface area contributed by atoms with Gasteiger partial charge in [0, 0.05) is 6.04 Å². The number of esters is 1. The monoisotopic (exact) mass is 464 g/mol. The molecule has 1 aromatic heterocycles. The lowest BCUT2D eigenvalue weighted by atomic mass is 10.1. The van der Waals surface area contributed by atoms with E-state index in [0.29, 0.717) is 17.1 Å². The van der Waals surface area contributed by atoms with Crippen molar-refractivity contribution in [3.63, 3.8) is 0 Å². The molecule has 0 N–H and O–H groups in total. The topological polar surface area (TPSA) is 76.6 Å². The molecule has 5 rings (SSSR count). The molecule has 0 bridgehead atoms. The molecule has 3 aromatic carbocycles. The van der Waals surface area contributed by atoms with Gasteiger partial charge in [-0.1, -0.05) is 36.4 Å². The Labute approximate surface area is 190 Å². The first-order valence-electron chi connectivity index (χ1n) is 10.2. The number of sulfonamides is 1. The maximum absolute atomic E-state index is 13.4. The molecule has 6 nitrogen and oxygen atoms in total. The summed E-state index contributed by atoms with van der Waals surface area (Å²) in [7, 11) is -3.83. The zero-order valence-electron chi connectivity index (χ0n) is 17.3. The van der Waals surface area contributed by atoms with Gasteiger partial charge >= 0.3 is 5.97 Å². The third-order valence-electron chi connectivity index (χ3n) is 5.44. The third kappa shape index (κ3) is 3.65. The van der Waals surface area contributed by atoms with Crippen molar-refractivity contribution < 1.29 is 17.9 Å². The standard InChI is InChI=1S/C24H20N2O4S2/c1-16-13-17-7-2-4-11-21(17)26(16)32(28,29)19-9-6-8-18(14-19)24(27)30-15-23-25-20-10-3-5-12-22(20)31-23/h2-12,14,16H,13,15H2,1H3. The summed E-state index contributed by atoms with van der Waals surface area (Å²) in [6.45, 7) is 1.92. The Morgan fingerprint density at radius 1 is 1.09 bits per heavy atom. The fourth-order valence-electron chi connectivity index (χ4n) is 3.99. The van der Waals surface area contributed by atoms with E-state index in [4.69, 9.17) is 4.74 Å². The van der Waals surface area contributed by atoms with Crippen molar-refractivity contribution in [3.8, 4) is 0 Å². The Bertz CT molecular complexity index is 1400. The van der Waals surface area contributed by atoms with E-state index >= 15 is 0 Å². The highest BCUT2D eigenvalue weighted by atomic mass is 32.2. The van der Waals surface area contributed by atoms with E-state index in [1.807, 2.05) is 55.5 Å². The maximum Gasteiger partial charge on any atom is 0.338 e. The van der Waals surface area contributed by atoms with E-state index in [-0.39, 0.29) is 23.1 Å². The van der Waals surface area contributed by atoms with Gasteiger partial charge in [0.15, 0.2) is 0 Å². The minimum absolute atomic E-state index is 0.0334. The molecule has 0 aliphatic carbocycles. The van der Waals surface area contributed by atoms with Gasteiger partial charge in [0.05, 0.1) is 26.4 Å². The fourth-order valence-corrected chi connectivity index (χ4v) is 6.61. The zero-order chi connectivity index (χ0) is 22.3. The Morgan fingerprint density at radius 2 is 1.88 bits per heavy atom. The Morgan fingerprint density at radius 3 is 2.72 bits per heavy atom. The largest absolute Gasteiger partial charge is 0.455 e. The van der Waals surface area contributed by atoms with Gasteiger partial charge in [-0.05, 0) is 55.3 Å². The summed E-state index contributed by atoms with van der Waals surface area (Å²) in [5.74, 6) is -0.587. The highest BCUT2D eigenvalue weighted by Gasteiger charge is 2.36. The number of hydrogen-bond donors (Lipinski definition) is 0. The molecule has 0 saturated carbocycles. The second-order valence-corrected chi connectivity index (χ2v) is 10.6. The molecular weight excluding hydrogens is 444 g/mol. The average molecular weight is 465 g/mol. The van der Waals surface area contributed by atoms with E-state index in [1.165, 1.54) is 27.8 Å². The van der Waals surface area contributed by atoms with Crippen molar-refractivity contribution in [1.29, 1.82) is 0 Å². The van der Waals surface area contributed by atoms with Gasteiger partial charge in [0.1, 0.15) is 11.6 Å². The number of fused-ring (bicyclic) bond motifs is 2. The lowest BCUT2D eigenvalue weighted by Crippen LogP contribution is -2.35. The highest BCUT2D eigenvalue weighted by molar-refractivity contribution is 7.92. The number of carbonyl (C=O) groups excluding carboxylic acids is 1. The van der Waals surface area contributed by atoms with E-state index in [9.17, 15) is 13.2 Å². The van der Waals surface area contributed by atoms with Gasteiger partial charge in [-0.25, -0.2) is 18.2 Å². The second-order valence-electron chi connectivity index (χ2n) is 7.66. The van der Waals surface area contributed by atoms with Crippen molar-refractivity contribution in [3.05, 3.63) is 88.9 Å². The molecule has 0 fully saturated rings. The molecule has 0 saturated heterocycles. The summed E-state index contributed by atoms with van der Waals surface area (Å²) >= 11 is 1.46. The van der Waals surface area contributed by atoms with Crippen LogP contribution in [0.4, 0.5) is 5.69 Å². The van der Waals surface area contributed by atoms with Gasteiger partial charge in [-0.2, -0.15) is 0 Å². The quantitative estimate of drug-likeness (QED) is 0.397. The number of rotatable bonds is 5. The van der Waals surface area contributed by atoms with Crippen LogP contribution >= 0.6 is 11.3 Å². The summed E-state index contributed by atoms with van der Waals surface area (Å²) in [6.07, 6.45) is 0.652. The molecule has 1 unspecified atom stereocenters. The van der Waals surface area contributed by atoms with Gasteiger partial charge in [0.25, 0.3) is 10.0 Å². The number of ether oxygens (including phenoxy) is 1. The van der Waals surface area contributed by atoms with E-state index < -0.39 is 16.0 Å². The van der Waals surface area contributed by atoms with Crippen LogP contribution < -0.4 is 4.31 Å². The zero-order valence-corrected chi connectivity index (χ0v) is 18.9. The normalized spacial score (nSPS) is 15.7. The maximum atomic E-state index is 13.4. The molecule has 162 valence electrons. The third-order valence-corrected chi connectivity index (χ3v) is 8.37. The van der Waals surface area contributed by atoms with Gasteiger partial charge in [0.2, 0.25) is 0 Å². The predicted octanol–water partition coefficient (Wildman–Crippen LogP) is 4.79. The van der Waals surface area contributed by atoms with Crippen molar-refractivity contribution in [2.75, 3.05) is 4.31 Å². The van der Waals surface area contributed by atoms with Crippen molar-refractivity contribution >= 4 is 43.2 Å². The Hall–Kier alpha value is -3.23. The van der Waals surface area contributed by atoms with Crippen molar-refractivity contribution in [2.45, 2.75) is 30.9 Å². The van der Waals surface area contributed by atoms with E-state index in [0.717, 1.165) is 15.8 Å². The molecule has 0 amide bonds. The first-order chi connectivity index (χ1) is 15.4. The van der Waals surface area contributed by atoms with Crippen LogP contribution in [0.5, 0.6) is 0 Å². The minimum Gasteiger partial charge on any atom is -0.455 e. The summed E-state index contributed by atoms with van der Waals surface area (Å²) < 4.78 is 34.7. The molecule has 0 spiro atoms. The number of hydrogen-bond acceptors (Lipinski definition) is 6. The molecule has 32 heavy (non-hydrogen) atoms. The second kappa shape index (κ2) is 8.03. The van der Waals surface area contributed by atoms with Crippen molar-refractivity contribution in [1.82, 2.24) is 4.98 Å². The number of para-hydroxylation sites is 2. The lowest BCUT2D eigenvalue weighted by molar-refractivity contribution is 0.0472. The van der Waals surface area contributed by atoms with Crippen LogP contribution in [0.2, 0.25) is 0 Å². The first kappa shape index (κ1) is 20.7. The number of aromatic nitrogens is 1. The van der Waals surface area contributed by atoms with Gasteiger partial charge < -0.3 is 4.74 Å². The Kier molecular flexibility index (Phi) is 5.19. The molecular formula is C24H20N2O4S2. The molecule has 8 heteroatoms. The van der Waals surface area contributed by atoms with Crippen LogP contribution in [0, 0.1) is 0 Å². The van der Waals surface area contributed by atoms with E-state index in [2.05, 4.69) is 4.98 Å². The predicted molar refractivity (Wildman–Crippen MR) is 124 cm³/mol. The van der Waals surface area contributed by atoms with Gasteiger partial charge in [-0.3, -0.25) is 4.31 Å². The van der Waals surface area contributed by atoms with Crippen LogP contribution in [-0.2, 0) is 27.8 Å². The van der Waals surface area contributed by atoms with Crippen LogP contribution in [-0.4, -0.2) is 25.4 Å². The number of benzene rings is 3. The Balaban J connectivity index is 1.37. The number of anilines is 1. The van der Waals surface area contributed by atoms with Crippen LogP contribution in [0.15, 0.2) is 77.7 Å².